The second-order valence-corrected chi connectivity index (χ2v) is 8.96. The Balaban J connectivity index is 1.46. The maximum atomic E-state index is 4.56. The van der Waals surface area contributed by atoms with Crippen LogP contribution in [0.3, 0.4) is 0 Å². The smallest absolute Gasteiger partial charge is 0.0752 e. The SMILES string of the molecule is CN(C)C1CCN(Sc2ccc(-n3ncc4c(Br)cccc43)cc2)CC1. The van der Waals surface area contributed by atoms with Crippen LogP contribution in [0, 0.1) is 0 Å². The molecule has 2 aromatic carbocycles. The van der Waals surface area contributed by atoms with Gasteiger partial charge in [-0.2, -0.15) is 5.10 Å². The molecule has 0 bridgehead atoms. The molecule has 0 unspecified atom stereocenters. The molecular weight excluding hydrogens is 408 g/mol. The lowest BCUT2D eigenvalue weighted by atomic mass is 10.1. The van der Waals surface area contributed by atoms with Gasteiger partial charge in [-0.3, -0.25) is 0 Å². The summed E-state index contributed by atoms with van der Waals surface area (Å²) in [4.78, 5) is 3.64. The summed E-state index contributed by atoms with van der Waals surface area (Å²) < 4.78 is 5.56. The van der Waals surface area contributed by atoms with Crippen LogP contribution in [-0.2, 0) is 0 Å². The first-order valence-corrected chi connectivity index (χ1v) is 10.5. The van der Waals surface area contributed by atoms with Crippen LogP contribution in [0.15, 0.2) is 58.0 Å². The van der Waals surface area contributed by atoms with Crippen molar-refractivity contribution in [1.82, 2.24) is 19.0 Å². The average Bonchev–Trinajstić information content (AvgIpc) is 3.08. The van der Waals surface area contributed by atoms with Gasteiger partial charge in [-0.15, -0.1) is 0 Å². The van der Waals surface area contributed by atoms with Crippen LogP contribution in [0.4, 0.5) is 0 Å². The molecule has 2 heterocycles. The standard InChI is InChI=1S/C20H23BrN4S/c1-23(2)15-10-12-24(13-11-15)26-17-8-6-16(7-9-17)25-20-5-3-4-19(21)18(20)14-22-25/h3-9,14-15H,10-13H2,1-2H3. The van der Waals surface area contributed by atoms with E-state index >= 15 is 0 Å². The summed E-state index contributed by atoms with van der Waals surface area (Å²) in [5.41, 5.74) is 2.21. The van der Waals surface area contributed by atoms with Crippen LogP contribution in [0.5, 0.6) is 0 Å². The molecule has 1 aliphatic rings. The van der Waals surface area contributed by atoms with Gasteiger partial charge in [-0.25, -0.2) is 8.99 Å². The molecule has 0 N–H and O–H groups in total. The van der Waals surface area contributed by atoms with Crippen molar-refractivity contribution >= 4 is 38.8 Å². The minimum Gasteiger partial charge on any atom is -0.306 e. The predicted molar refractivity (Wildman–Crippen MR) is 113 cm³/mol. The Labute approximate surface area is 167 Å². The number of fused-ring (bicyclic) bond motifs is 1. The summed E-state index contributed by atoms with van der Waals surface area (Å²) in [6.07, 6.45) is 4.40. The van der Waals surface area contributed by atoms with Gasteiger partial charge in [0.15, 0.2) is 0 Å². The van der Waals surface area contributed by atoms with Gasteiger partial charge >= 0.3 is 0 Å². The van der Waals surface area contributed by atoms with Crippen molar-refractivity contribution < 1.29 is 0 Å². The molecule has 6 heteroatoms. The lowest BCUT2D eigenvalue weighted by molar-refractivity contribution is 0.203. The molecule has 1 saturated heterocycles. The quantitative estimate of drug-likeness (QED) is 0.553. The molecule has 136 valence electrons. The van der Waals surface area contributed by atoms with E-state index in [1.165, 1.54) is 17.7 Å². The molecule has 0 spiro atoms. The van der Waals surface area contributed by atoms with Crippen molar-refractivity contribution in [2.24, 2.45) is 0 Å². The summed E-state index contributed by atoms with van der Waals surface area (Å²) in [6, 6.07) is 15.6. The van der Waals surface area contributed by atoms with Crippen molar-refractivity contribution in [2.75, 3.05) is 27.2 Å². The lowest BCUT2D eigenvalue weighted by Gasteiger charge is -2.34. The molecule has 0 atom stereocenters. The predicted octanol–water partition coefficient (Wildman–Crippen LogP) is 4.82. The highest BCUT2D eigenvalue weighted by Crippen LogP contribution is 2.29. The minimum atomic E-state index is 0.724. The number of rotatable bonds is 4. The summed E-state index contributed by atoms with van der Waals surface area (Å²) in [5, 5.41) is 5.70. The van der Waals surface area contributed by atoms with Crippen LogP contribution >= 0.6 is 27.9 Å². The molecule has 1 fully saturated rings. The highest BCUT2D eigenvalue weighted by molar-refractivity contribution is 9.10. The average molecular weight is 431 g/mol. The first kappa shape index (κ1) is 18.0. The molecule has 0 radical (unpaired) electrons. The number of benzene rings is 2. The Morgan fingerprint density at radius 3 is 2.50 bits per heavy atom. The van der Waals surface area contributed by atoms with Gasteiger partial charge in [-0.05, 0) is 75.3 Å². The number of hydrogen-bond donors (Lipinski definition) is 0. The van der Waals surface area contributed by atoms with Gasteiger partial charge in [0, 0.05) is 33.9 Å². The Morgan fingerprint density at radius 2 is 1.81 bits per heavy atom. The zero-order valence-electron chi connectivity index (χ0n) is 15.1. The molecule has 0 aliphatic carbocycles. The van der Waals surface area contributed by atoms with E-state index in [0.717, 1.165) is 40.2 Å². The fourth-order valence-corrected chi connectivity index (χ4v) is 4.88. The zero-order valence-corrected chi connectivity index (χ0v) is 17.5. The van der Waals surface area contributed by atoms with Gasteiger partial charge in [0.05, 0.1) is 17.4 Å². The van der Waals surface area contributed by atoms with E-state index in [1.807, 2.05) is 35.0 Å². The molecule has 0 amide bonds. The second-order valence-electron chi connectivity index (χ2n) is 6.94. The van der Waals surface area contributed by atoms with Crippen molar-refractivity contribution in [1.29, 1.82) is 0 Å². The molecule has 1 aliphatic heterocycles. The van der Waals surface area contributed by atoms with Crippen molar-refractivity contribution in [3.63, 3.8) is 0 Å². The minimum absolute atomic E-state index is 0.724. The molecular formula is C20H23BrN4S. The van der Waals surface area contributed by atoms with Crippen LogP contribution in [0.1, 0.15) is 12.8 Å². The Kier molecular flexibility index (Phi) is 5.36. The second kappa shape index (κ2) is 7.72. The van der Waals surface area contributed by atoms with E-state index < -0.39 is 0 Å². The largest absolute Gasteiger partial charge is 0.306 e. The number of hydrogen-bond acceptors (Lipinski definition) is 4. The van der Waals surface area contributed by atoms with E-state index in [1.54, 1.807) is 0 Å². The lowest BCUT2D eigenvalue weighted by Crippen LogP contribution is -2.39. The summed E-state index contributed by atoms with van der Waals surface area (Å²) in [5.74, 6) is 0. The van der Waals surface area contributed by atoms with Crippen molar-refractivity contribution in [3.05, 3.63) is 53.1 Å². The maximum absolute atomic E-state index is 4.56. The Morgan fingerprint density at radius 1 is 1.08 bits per heavy atom. The van der Waals surface area contributed by atoms with Crippen LogP contribution in [0.25, 0.3) is 16.6 Å². The highest BCUT2D eigenvalue weighted by Gasteiger charge is 2.21. The molecule has 3 aromatic rings. The normalized spacial score (nSPS) is 16.6. The third kappa shape index (κ3) is 3.69. The topological polar surface area (TPSA) is 24.3 Å². The fraction of sp³-hybridized carbons (Fsp3) is 0.350. The van der Waals surface area contributed by atoms with Crippen LogP contribution in [-0.4, -0.2) is 52.2 Å². The third-order valence-corrected chi connectivity index (χ3v) is 6.83. The van der Waals surface area contributed by atoms with Gasteiger partial charge in [-0.1, -0.05) is 22.0 Å². The van der Waals surface area contributed by atoms with E-state index in [9.17, 15) is 0 Å². The Bertz CT molecular complexity index is 882. The first-order valence-electron chi connectivity index (χ1n) is 8.94. The summed E-state index contributed by atoms with van der Waals surface area (Å²) in [7, 11) is 4.37. The van der Waals surface area contributed by atoms with Crippen molar-refractivity contribution in [3.8, 4) is 5.69 Å². The summed E-state index contributed by atoms with van der Waals surface area (Å²) in [6.45, 7) is 2.29. The maximum Gasteiger partial charge on any atom is 0.0752 e. The third-order valence-electron chi connectivity index (χ3n) is 5.03. The van der Waals surface area contributed by atoms with Crippen LogP contribution in [0.2, 0.25) is 0 Å². The van der Waals surface area contributed by atoms with Crippen molar-refractivity contribution in [2.45, 2.75) is 23.8 Å². The van der Waals surface area contributed by atoms with Gasteiger partial charge in [0.2, 0.25) is 0 Å². The van der Waals surface area contributed by atoms with E-state index in [2.05, 4.69) is 74.7 Å². The van der Waals surface area contributed by atoms with Gasteiger partial charge in [0.1, 0.15) is 0 Å². The van der Waals surface area contributed by atoms with Gasteiger partial charge in [0.25, 0.3) is 0 Å². The molecule has 4 nitrogen and oxygen atoms in total. The fourth-order valence-electron chi connectivity index (χ4n) is 3.47. The number of piperidine rings is 1. The number of halogens is 1. The van der Waals surface area contributed by atoms with E-state index in [-0.39, 0.29) is 0 Å². The molecule has 0 saturated carbocycles. The van der Waals surface area contributed by atoms with E-state index in [0.29, 0.717) is 0 Å². The molecule has 26 heavy (non-hydrogen) atoms. The molecule has 4 rings (SSSR count). The number of aromatic nitrogens is 2. The number of nitrogens with zero attached hydrogens (tertiary/aromatic N) is 4. The van der Waals surface area contributed by atoms with Crippen LogP contribution < -0.4 is 0 Å². The zero-order chi connectivity index (χ0) is 18.1. The highest BCUT2D eigenvalue weighted by atomic mass is 79.9. The molecule has 1 aromatic heterocycles. The summed E-state index contributed by atoms with van der Waals surface area (Å²) >= 11 is 5.47. The van der Waals surface area contributed by atoms with E-state index in [4.69, 9.17) is 0 Å². The Hall–Kier alpha value is -1.34. The first-order chi connectivity index (χ1) is 12.6. The monoisotopic (exact) mass is 430 g/mol. The van der Waals surface area contributed by atoms with Gasteiger partial charge < -0.3 is 4.90 Å².